The molecule has 11 rings (SSSR count). The Bertz CT molecular complexity index is 1490. The molecule has 62 heavy (non-hydrogen) atoms. The topological polar surface area (TPSA) is 59.0 Å². The summed E-state index contributed by atoms with van der Waals surface area (Å²) in [6, 6.07) is 6.14. The van der Waals surface area contributed by atoms with E-state index in [-0.39, 0.29) is 17.6 Å². The van der Waals surface area contributed by atoms with Gasteiger partial charge in [-0.25, -0.2) is 0 Å². The van der Waals surface area contributed by atoms with Crippen LogP contribution in [0.5, 0.6) is 0 Å². The van der Waals surface area contributed by atoms with Gasteiger partial charge in [0.25, 0.3) is 0 Å². The largest absolute Gasteiger partial charge is 0.393 e. The number of piperidine rings is 3. The van der Waals surface area contributed by atoms with Gasteiger partial charge in [0.1, 0.15) is 0 Å². The van der Waals surface area contributed by atoms with Gasteiger partial charge in [-0.1, -0.05) is 67.2 Å². The van der Waals surface area contributed by atoms with Gasteiger partial charge in [0.2, 0.25) is 0 Å². The van der Waals surface area contributed by atoms with Crippen LogP contribution in [0.15, 0.2) is 0 Å². The smallest absolute Gasteiger partial charge is 0.0544 e. The Morgan fingerprint density at radius 1 is 0.339 bits per heavy atom. The molecule has 8 aliphatic carbocycles. The maximum absolute atomic E-state index is 10.9. The van der Waals surface area contributed by atoms with Crippen molar-refractivity contribution < 1.29 is 10.2 Å². The van der Waals surface area contributed by atoms with Gasteiger partial charge in [0.05, 0.1) is 12.2 Å². The van der Waals surface area contributed by atoms with Crippen LogP contribution in [-0.2, 0) is 0 Å². The number of likely N-dealkylation sites (tertiary alicyclic amines) is 2. The molecule has 0 aromatic carbocycles. The Hall–Kier alpha value is -0.200. The summed E-state index contributed by atoms with van der Waals surface area (Å²) >= 11 is 0. The zero-order valence-corrected chi connectivity index (χ0v) is 41.1. The van der Waals surface area contributed by atoms with Gasteiger partial charge in [-0.15, -0.1) is 0 Å². The summed E-state index contributed by atoms with van der Waals surface area (Å²) in [6.07, 6.45) is 38.5. The molecule has 8 saturated carbocycles. The maximum Gasteiger partial charge on any atom is 0.0544 e. The van der Waals surface area contributed by atoms with E-state index in [9.17, 15) is 10.2 Å². The zero-order chi connectivity index (χ0) is 42.7. The summed E-state index contributed by atoms with van der Waals surface area (Å²) in [7, 11) is 0. The highest BCUT2D eigenvalue weighted by Crippen LogP contribution is 2.61. The van der Waals surface area contributed by atoms with E-state index in [1.807, 2.05) is 0 Å². The molecule has 0 amide bonds. The molecular weight excluding hydrogens is 759 g/mol. The van der Waals surface area contributed by atoms with Gasteiger partial charge in [-0.3, -0.25) is 9.80 Å². The number of hydrogen-bond acceptors (Lipinski definition) is 5. The molecule has 0 bridgehead atoms. The molecule has 0 aromatic rings. The molecule has 16 unspecified atom stereocenters. The van der Waals surface area contributed by atoms with Gasteiger partial charge in [0, 0.05) is 48.3 Å². The minimum Gasteiger partial charge on any atom is -0.393 e. The maximum atomic E-state index is 10.9. The zero-order valence-electron chi connectivity index (χ0n) is 41.1. The molecule has 3 aliphatic heterocycles. The summed E-state index contributed by atoms with van der Waals surface area (Å²) in [6.45, 7) is 16.0. The predicted octanol–water partition coefficient (Wildman–Crippen LogP) is 12.2. The van der Waals surface area contributed by atoms with Crippen molar-refractivity contribution >= 4 is 0 Å². The van der Waals surface area contributed by atoms with E-state index in [1.165, 1.54) is 154 Å². The second kappa shape index (κ2) is 17.1. The Morgan fingerprint density at radius 3 is 1.13 bits per heavy atom. The average Bonchev–Trinajstić information content (AvgIpc) is 3.27. The normalized spacial score (nSPS) is 52.8. The standard InChI is InChI=1S/C57H97N3O2/c1-55(2)43-11-7-9-13-51(43)59(52-14-10-8-12-44(52)55)39-21-15-35(16-22-39)37-19-27-49-45(31-37)56(3,4)46-32-38(20-28-50(46)58-49)36-17-23-40(24-18-36)60-53-29-25-41(61)33-47(53)57(5,6)48-34-42(62)26-30-54(48)60/h35-54,58,61-62H,7-34H2,1-6H3. The van der Waals surface area contributed by atoms with Crippen LogP contribution in [0, 0.1) is 75.4 Å². The first kappa shape index (κ1) is 44.3. The van der Waals surface area contributed by atoms with E-state index in [0.717, 1.165) is 103 Å². The lowest BCUT2D eigenvalue weighted by molar-refractivity contribution is -0.167. The van der Waals surface area contributed by atoms with Crippen molar-refractivity contribution in [3.05, 3.63) is 0 Å². The third-order valence-corrected chi connectivity index (χ3v) is 24.2. The summed E-state index contributed by atoms with van der Waals surface area (Å²) in [4.78, 5) is 6.38. The lowest BCUT2D eigenvalue weighted by Gasteiger charge is -2.64. The molecule has 0 radical (unpaired) electrons. The van der Waals surface area contributed by atoms with Gasteiger partial charge < -0.3 is 15.5 Å². The van der Waals surface area contributed by atoms with Crippen molar-refractivity contribution in [2.24, 2.45) is 75.4 Å². The van der Waals surface area contributed by atoms with E-state index in [2.05, 4.69) is 56.7 Å². The van der Waals surface area contributed by atoms with Crippen molar-refractivity contribution in [3.8, 4) is 0 Å². The highest BCUT2D eigenvalue weighted by molar-refractivity contribution is 5.12. The van der Waals surface area contributed by atoms with Crippen LogP contribution >= 0.6 is 0 Å². The molecular formula is C57H97N3O2. The van der Waals surface area contributed by atoms with Gasteiger partial charge in [0.15, 0.2) is 0 Å². The fraction of sp³-hybridized carbons (Fsp3) is 1.00. The first-order valence-electron chi connectivity index (χ1n) is 28.5. The highest BCUT2D eigenvalue weighted by atomic mass is 16.3. The second-order valence-electron chi connectivity index (χ2n) is 27.4. The number of hydrogen-bond donors (Lipinski definition) is 3. The molecule has 0 aromatic heterocycles. The van der Waals surface area contributed by atoms with Crippen molar-refractivity contribution in [3.63, 3.8) is 0 Å². The summed E-state index contributed by atoms with van der Waals surface area (Å²) in [5.74, 6) is 8.50. The van der Waals surface area contributed by atoms with E-state index < -0.39 is 0 Å². The van der Waals surface area contributed by atoms with E-state index in [4.69, 9.17) is 0 Å². The molecule has 3 saturated heterocycles. The Labute approximate surface area is 381 Å². The monoisotopic (exact) mass is 856 g/mol. The van der Waals surface area contributed by atoms with Crippen LogP contribution in [0.25, 0.3) is 0 Å². The van der Waals surface area contributed by atoms with E-state index in [0.29, 0.717) is 40.8 Å². The average molecular weight is 856 g/mol. The lowest BCUT2D eigenvalue weighted by Crippen LogP contribution is -2.68. The Morgan fingerprint density at radius 2 is 0.694 bits per heavy atom. The number of rotatable bonds is 4. The van der Waals surface area contributed by atoms with Crippen molar-refractivity contribution in [2.75, 3.05) is 0 Å². The second-order valence-corrected chi connectivity index (χ2v) is 27.4. The van der Waals surface area contributed by atoms with E-state index >= 15 is 0 Å². The number of fused-ring (bicyclic) bond motifs is 6. The quantitative estimate of drug-likeness (QED) is 0.263. The number of nitrogens with one attached hydrogen (secondary N) is 1. The van der Waals surface area contributed by atoms with Gasteiger partial charge in [-0.05, 0) is 230 Å². The molecule has 352 valence electrons. The Balaban J connectivity index is 0.719. The van der Waals surface area contributed by atoms with Crippen molar-refractivity contribution in [1.29, 1.82) is 0 Å². The van der Waals surface area contributed by atoms with E-state index in [1.54, 1.807) is 0 Å². The van der Waals surface area contributed by atoms with Crippen LogP contribution in [-0.4, -0.2) is 80.6 Å². The van der Waals surface area contributed by atoms with Crippen molar-refractivity contribution in [2.45, 2.75) is 282 Å². The summed E-state index contributed by atoms with van der Waals surface area (Å²) < 4.78 is 0. The van der Waals surface area contributed by atoms with Gasteiger partial charge in [-0.2, -0.15) is 0 Å². The first-order chi connectivity index (χ1) is 29.8. The third-order valence-electron chi connectivity index (χ3n) is 24.2. The summed E-state index contributed by atoms with van der Waals surface area (Å²) in [5, 5.41) is 26.3. The third kappa shape index (κ3) is 7.52. The molecule has 3 heterocycles. The predicted molar refractivity (Wildman–Crippen MR) is 255 cm³/mol. The van der Waals surface area contributed by atoms with Crippen LogP contribution in [0.1, 0.15) is 221 Å². The van der Waals surface area contributed by atoms with Crippen LogP contribution in [0.3, 0.4) is 0 Å². The first-order valence-corrected chi connectivity index (χ1v) is 28.5. The minimum absolute atomic E-state index is 0.131. The molecule has 11 aliphatic rings. The van der Waals surface area contributed by atoms with Crippen LogP contribution in [0.2, 0.25) is 0 Å². The number of aliphatic hydroxyl groups is 2. The van der Waals surface area contributed by atoms with Crippen LogP contribution < -0.4 is 5.32 Å². The molecule has 3 N–H and O–H groups in total. The van der Waals surface area contributed by atoms with Crippen LogP contribution in [0.4, 0.5) is 0 Å². The molecule has 5 heteroatoms. The number of nitrogens with zero attached hydrogens (tertiary/aromatic N) is 2. The minimum atomic E-state index is -0.131. The lowest BCUT2D eigenvalue weighted by atomic mass is 9.51. The molecule has 5 nitrogen and oxygen atoms in total. The molecule has 11 fully saturated rings. The highest BCUT2D eigenvalue weighted by Gasteiger charge is 2.60. The fourth-order valence-electron chi connectivity index (χ4n) is 21.0. The SMILES string of the molecule is CC1(C)C2CC(C3CCC(N4C5CCCCC5C(C)(C)C5CCCCC54)CC3)CCC2NC2CCC(C3CCC(N4C5CCC(O)CC5C(C)(C)C5CC(O)CCC54)CC3)CC21. The summed E-state index contributed by atoms with van der Waals surface area (Å²) in [5.41, 5.74) is 1.19. The fourth-order valence-corrected chi connectivity index (χ4v) is 21.0. The Kier molecular flexibility index (Phi) is 12.2. The van der Waals surface area contributed by atoms with Gasteiger partial charge >= 0.3 is 0 Å². The number of aliphatic hydroxyl groups excluding tert-OH is 2. The van der Waals surface area contributed by atoms with Crippen molar-refractivity contribution in [1.82, 2.24) is 15.1 Å². The molecule has 0 spiro atoms. The molecule has 16 atom stereocenters.